The van der Waals surface area contributed by atoms with E-state index in [4.69, 9.17) is 4.99 Å². The maximum absolute atomic E-state index is 4.78. The van der Waals surface area contributed by atoms with E-state index < -0.39 is 0 Å². The summed E-state index contributed by atoms with van der Waals surface area (Å²) in [6.07, 6.45) is 3.63. The second-order valence-corrected chi connectivity index (χ2v) is 8.17. The van der Waals surface area contributed by atoms with Gasteiger partial charge in [-0.2, -0.15) is 0 Å². The van der Waals surface area contributed by atoms with E-state index in [9.17, 15) is 0 Å². The molecule has 1 unspecified atom stereocenters. The van der Waals surface area contributed by atoms with Gasteiger partial charge in [0, 0.05) is 42.2 Å². The van der Waals surface area contributed by atoms with E-state index in [1.807, 2.05) is 0 Å². The molecule has 0 amide bonds. The van der Waals surface area contributed by atoms with Crippen LogP contribution in [0.15, 0.2) is 46.3 Å². The van der Waals surface area contributed by atoms with Gasteiger partial charge in [0.15, 0.2) is 5.96 Å². The lowest BCUT2D eigenvalue weighted by Gasteiger charge is -2.18. The van der Waals surface area contributed by atoms with Gasteiger partial charge in [-0.1, -0.05) is 19.1 Å². The standard InChI is InChI=1S/C19H26N6S2.HI/c1-3-18-24-22-14-25(18)11-10-21-19(20-9-8-16-6-4-12-26-16)23-15(2)17-7-5-13-27-17;/h4-7,12-15H,3,8-11H2,1-2H3,(H2,20,21,23);1H. The van der Waals surface area contributed by atoms with Crippen molar-refractivity contribution >= 4 is 52.6 Å². The zero-order chi connectivity index (χ0) is 18.9. The van der Waals surface area contributed by atoms with E-state index in [1.165, 1.54) is 9.75 Å². The van der Waals surface area contributed by atoms with Crippen LogP contribution in [-0.4, -0.2) is 33.8 Å². The maximum atomic E-state index is 4.78. The predicted molar refractivity (Wildman–Crippen MR) is 129 cm³/mol. The third-order valence-electron chi connectivity index (χ3n) is 4.19. The Labute approximate surface area is 191 Å². The summed E-state index contributed by atoms with van der Waals surface area (Å²) in [4.78, 5) is 7.44. The van der Waals surface area contributed by atoms with Crippen molar-refractivity contribution in [3.63, 3.8) is 0 Å². The molecule has 0 spiro atoms. The van der Waals surface area contributed by atoms with Crippen LogP contribution in [0.25, 0.3) is 0 Å². The molecular formula is C19H27IN6S2. The molecule has 0 aliphatic carbocycles. The Bertz CT molecular complexity index is 813. The van der Waals surface area contributed by atoms with Crippen LogP contribution in [0.5, 0.6) is 0 Å². The molecule has 0 aliphatic heterocycles. The molecule has 2 N–H and O–H groups in total. The number of halogens is 1. The Morgan fingerprint density at radius 1 is 1.25 bits per heavy atom. The molecule has 3 rings (SSSR count). The topological polar surface area (TPSA) is 67.1 Å². The smallest absolute Gasteiger partial charge is 0.191 e. The summed E-state index contributed by atoms with van der Waals surface area (Å²) >= 11 is 3.54. The lowest BCUT2D eigenvalue weighted by Crippen LogP contribution is -2.40. The van der Waals surface area contributed by atoms with Gasteiger partial charge in [0.05, 0.1) is 6.04 Å². The van der Waals surface area contributed by atoms with Gasteiger partial charge in [-0.05, 0) is 29.8 Å². The highest BCUT2D eigenvalue weighted by Crippen LogP contribution is 2.17. The molecule has 0 aliphatic rings. The van der Waals surface area contributed by atoms with Crippen LogP contribution in [0.2, 0.25) is 0 Å². The van der Waals surface area contributed by atoms with Crippen LogP contribution < -0.4 is 10.6 Å². The van der Waals surface area contributed by atoms with Gasteiger partial charge in [-0.25, -0.2) is 0 Å². The van der Waals surface area contributed by atoms with Crippen molar-refractivity contribution in [2.45, 2.75) is 39.3 Å². The molecule has 152 valence electrons. The van der Waals surface area contributed by atoms with Crippen LogP contribution in [0.4, 0.5) is 0 Å². The molecule has 3 aromatic rings. The number of thiophene rings is 2. The Morgan fingerprint density at radius 3 is 2.79 bits per heavy atom. The molecule has 0 saturated heterocycles. The fraction of sp³-hybridized carbons (Fsp3) is 0.421. The molecule has 0 saturated carbocycles. The van der Waals surface area contributed by atoms with Crippen molar-refractivity contribution in [2.24, 2.45) is 4.99 Å². The fourth-order valence-corrected chi connectivity index (χ4v) is 4.17. The Hall–Kier alpha value is -1.46. The number of hydrogen-bond donors (Lipinski definition) is 2. The minimum absolute atomic E-state index is 0. The quantitative estimate of drug-likeness (QED) is 0.248. The average molecular weight is 531 g/mol. The SMILES string of the molecule is CCc1nncn1CCNC(=NCCc1cccs1)NC(C)c1cccs1.I. The molecule has 9 heteroatoms. The van der Waals surface area contributed by atoms with Gasteiger partial charge in [0.25, 0.3) is 0 Å². The third kappa shape index (κ3) is 6.85. The zero-order valence-corrected chi connectivity index (χ0v) is 20.1. The van der Waals surface area contributed by atoms with Crippen LogP contribution >= 0.6 is 46.7 Å². The van der Waals surface area contributed by atoms with Crippen LogP contribution in [0, 0.1) is 0 Å². The highest BCUT2D eigenvalue weighted by Gasteiger charge is 2.09. The molecule has 0 radical (unpaired) electrons. The normalized spacial score (nSPS) is 12.4. The lowest BCUT2D eigenvalue weighted by molar-refractivity contribution is 0.621. The van der Waals surface area contributed by atoms with Gasteiger partial charge in [-0.15, -0.1) is 56.8 Å². The van der Waals surface area contributed by atoms with Crippen molar-refractivity contribution < 1.29 is 0 Å². The van der Waals surface area contributed by atoms with E-state index in [0.717, 1.165) is 44.3 Å². The summed E-state index contributed by atoms with van der Waals surface area (Å²) in [5.41, 5.74) is 0. The van der Waals surface area contributed by atoms with E-state index in [1.54, 1.807) is 29.0 Å². The maximum Gasteiger partial charge on any atom is 0.191 e. The number of nitrogens with one attached hydrogen (secondary N) is 2. The van der Waals surface area contributed by atoms with Crippen molar-refractivity contribution in [3.8, 4) is 0 Å². The molecule has 0 bridgehead atoms. The predicted octanol–water partition coefficient (Wildman–Crippen LogP) is 4.12. The highest BCUT2D eigenvalue weighted by molar-refractivity contribution is 14.0. The molecule has 1 atom stereocenters. The molecular weight excluding hydrogens is 503 g/mol. The summed E-state index contributed by atoms with van der Waals surface area (Å²) in [6, 6.07) is 8.70. The minimum Gasteiger partial charge on any atom is -0.355 e. The van der Waals surface area contributed by atoms with Gasteiger partial charge < -0.3 is 15.2 Å². The number of hydrogen-bond acceptors (Lipinski definition) is 5. The molecule has 0 aromatic carbocycles. The van der Waals surface area contributed by atoms with E-state index in [2.05, 4.69) is 74.3 Å². The van der Waals surface area contributed by atoms with Gasteiger partial charge in [0.2, 0.25) is 0 Å². The number of nitrogens with zero attached hydrogens (tertiary/aromatic N) is 4. The van der Waals surface area contributed by atoms with E-state index >= 15 is 0 Å². The van der Waals surface area contributed by atoms with Crippen molar-refractivity contribution in [1.82, 2.24) is 25.4 Å². The number of guanidine groups is 1. The average Bonchev–Trinajstić information content (AvgIpc) is 3.43. The largest absolute Gasteiger partial charge is 0.355 e. The summed E-state index contributed by atoms with van der Waals surface area (Å²) < 4.78 is 2.08. The van der Waals surface area contributed by atoms with Crippen LogP contribution in [-0.2, 0) is 19.4 Å². The van der Waals surface area contributed by atoms with Crippen molar-refractivity contribution in [2.75, 3.05) is 13.1 Å². The first-order chi connectivity index (χ1) is 13.3. The third-order valence-corrected chi connectivity index (χ3v) is 6.18. The molecule has 28 heavy (non-hydrogen) atoms. The molecule has 3 aromatic heterocycles. The van der Waals surface area contributed by atoms with Gasteiger partial charge in [-0.3, -0.25) is 4.99 Å². The second-order valence-electron chi connectivity index (χ2n) is 6.16. The van der Waals surface area contributed by atoms with Gasteiger partial charge >= 0.3 is 0 Å². The van der Waals surface area contributed by atoms with Crippen molar-refractivity contribution in [1.29, 1.82) is 0 Å². The first-order valence-electron chi connectivity index (χ1n) is 9.23. The summed E-state index contributed by atoms with van der Waals surface area (Å²) in [6.45, 7) is 6.61. The van der Waals surface area contributed by atoms with Crippen molar-refractivity contribution in [3.05, 3.63) is 56.9 Å². The summed E-state index contributed by atoms with van der Waals surface area (Å²) in [7, 11) is 0. The monoisotopic (exact) mass is 530 g/mol. The zero-order valence-electron chi connectivity index (χ0n) is 16.2. The first kappa shape index (κ1) is 22.8. The minimum atomic E-state index is 0. The first-order valence-corrected chi connectivity index (χ1v) is 11.0. The fourth-order valence-electron chi connectivity index (χ4n) is 2.73. The van der Waals surface area contributed by atoms with Gasteiger partial charge in [0.1, 0.15) is 12.2 Å². The highest BCUT2D eigenvalue weighted by atomic mass is 127. The second kappa shape index (κ2) is 12.2. The summed E-state index contributed by atoms with van der Waals surface area (Å²) in [5.74, 6) is 1.85. The number of aliphatic imine (C=N–C) groups is 1. The number of aromatic nitrogens is 3. The number of aryl methyl sites for hydroxylation is 1. The molecule has 3 heterocycles. The Morgan fingerprint density at radius 2 is 2.07 bits per heavy atom. The van der Waals surface area contributed by atoms with Crippen LogP contribution in [0.3, 0.4) is 0 Å². The molecule has 0 fully saturated rings. The Balaban J connectivity index is 0.00000280. The molecule has 6 nitrogen and oxygen atoms in total. The van der Waals surface area contributed by atoms with E-state index in [0.29, 0.717) is 0 Å². The summed E-state index contributed by atoms with van der Waals surface area (Å²) in [5, 5.41) is 19.3. The Kier molecular flexibility index (Phi) is 9.93. The number of rotatable bonds is 9. The van der Waals surface area contributed by atoms with Crippen LogP contribution in [0.1, 0.15) is 35.5 Å². The lowest BCUT2D eigenvalue weighted by atomic mass is 10.3. The van der Waals surface area contributed by atoms with E-state index in [-0.39, 0.29) is 30.0 Å².